The summed E-state index contributed by atoms with van der Waals surface area (Å²) >= 11 is 0. The predicted molar refractivity (Wildman–Crippen MR) is 135 cm³/mol. The lowest BCUT2D eigenvalue weighted by atomic mass is 9.88. The number of nitrogens with two attached hydrogens (primary N) is 1. The van der Waals surface area contributed by atoms with Gasteiger partial charge in [-0.3, -0.25) is 9.79 Å². The van der Waals surface area contributed by atoms with Crippen LogP contribution in [0.4, 0.5) is 10.1 Å². The molecule has 5 rings (SSSR count). The van der Waals surface area contributed by atoms with Crippen LogP contribution in [0.15, 0.2) is 47.5 Å². The van der Waals surface area contributed by atoms with Crippen LogP contribution in [0.2, 0.25) is 0 Å². The largest absolute Gasteiger partial charge is 0.496 e. The van der Waals surface area contributed by atoms with Gasteiger partial charge in [-0.1, -0.05) is 0 Å². The Morgan fingerprint density at radius 2 is 2.03 bits per heavy atom. The topological polar surface area (TPSA) is 107 Å². The Balaban J connectivity index is 1.45. The van der Waals surface area contributed by atoms with Gasteiger partial charge in [0.1, 0.15) is 29.5 Å². The first-order chi connectivity index (χ1) is 17.1. The molecule has 186 valence electrons. The number of halogens is 1. The lowest BCUT2D eigenvalue weighted by Gasteiger charge is -2.25. The molecule has 0 bridgehead atoms. The summed E-state index contributed by atoms with van der Waals surface area (Å²) in [5.41, 5.74) is 8.63. The molecule has 0 unspecified atom stereocenters. The van der Waals surface area contributed by atoms with Crippen molar-refractivity contribution < 1.29 is 23.8 Å². The van der Waals surface area contributed by atoms with Crippen LogP contribution >= 0.6 is 0 Å². The van der Waals surface area contributed by atoms with Gasteiger partial charge < -0.3 is 20.3 Å². The number of carbonyl (C=O) groups is 1. The van der Waals surface area contributed by atoms with Crippen LogP contribution in [-0.2, 0) is 17.6 Å². The van der Waals surface area contributed by atoms with Crippen LogP contribution in [0.1, 0.15) is 53.9 Å². The molecule has 2 aromatic carbocycles. The van der Waals surface area contributed by atoms with Crippen molar-refractivity contribution in [2.24, 2.45) is 10.7 Å². The molecule has 0 saturated carbocycles. The number of aliphatic imine (C=N–C) groups is 1. The maximum atomic E-state index is 13.5. The number of ketones is 1. The quantitative estimate of drug-likeness (QED) is 0.470. The average molecular weight is 490 g/mol. The lowest BCUT2D eigenvalue weighted by Crippen LogP contribution is -2.35. The van der Waals surface area contributed by atoms with Crippen LogP contribution < -0.4 is 15.2 Å². The molecule has 36 heavy (non-hydrogen) atoms. The molecule has 1 aromatic heterocycles. The van der Waals surface area contributed by atoms with Crippen molar-refractivity contribution in [1.82, 2.24) is 4.98 Å². The first-order valence-electron chi connectivity index (χ1n) is 11.8. The fourth-order valence-electron chi connectivity index (χ4n) is 4.64. The highest BCUT2D eigenvalue weighted by molar-refractivity contribution is 5.98. The molecule has 3 N–H and O–H groups in total. The Bertz CT molecular complexity index is 1380. The molecular formula is C28H28FN3O4. The zero-order valence-electron chi connectivity index (χ0n) is 20.5. The predicted octanol–water partition coefficient (Wildman–Crippen LogP) is 4.59. The van der Waals surface area contributed by atoms with E-state index in [9.17, 15) is 14.3 Å². The number of pyridine rings is 1. The third kappa shape index (κ3) is 4.27. The van der Waals surface area contributed by atoms with E-state index in [0.29, 0.717) is 46.0 Å². The third-order valence-corrected chi connectivity index (χ3v) is 6.87. The molecule has 0 fully saturated rings. The molecule has 0 amide bonds. The fraction of sp³-hybridized carbons (Fsp3) is 0.321. The van der Waals surface area contributed by atoms with E-state index in [1.54, 1.807) is 50.6 Å². The second kappa shape index (κ2) is 8.80. The van der Waals surface area contributed by atoms with Crippen molar-refractivity contribution >= 4 is 17.7 Å². The average Bonchev–Trinajstić information content (AvgIpc) is 3.46. The van der Waals surface area contributed by atoms with Gasteiger partial charge in [-0.25, -0.2) is 9.37 Å². The number of nitrogens with zero attached hydrogens (tertiary/aromatic N) is 2. The second-order valence-electron chi connectivity index (χ2n) is 9.83. The number of benzene rings is 2. The van der Waals surface area contributed by atoms with Crippen LogP contribution in [-0.4, -0.2) is 35.8 Å². The number of methoxy groups -OCH3 is 1. The number of fused-ring (bicyclic) bond motifs is 2. The number of hydrogen-bond donors (Lipinski definition) is 2. The number of aromatic nitrogens is 1. The molecule has 2 aliphatic rings. The van der Waals surface area contributed by atoms with Crippen LogP contribution in [0.25, 0.3) is 11.3 Å². The van der Waals surface area contributed by atoms with Crippen LogP contribution in [0.5, 0.6) is 11.5 Å². The summed E-state index contributed by atoms with van der Waals surface area (Å²) in [6.45, 7) is 3.73. The van der Waals surface area contributed by atoms with E-state index in [0.717, 1.165) is 11.3 Å². The summed E-state index contributed by atoms with van der Waals surface area (Å²) in [5, 5.41) is 11.4. The van der Waals surface area contributed by atoms with E-state index >= 15 is 0 Å². The van der Waals surface area contributed by atoms with E-state index < -0.39 is 11.1 Å². The Morgan fingerprint density at radius 1 is 1.28 bits per heavy atom. The minimum absolute atomic E-state index is 0.0830. The van der Waals surface area contributed by atoms with Crippen LogP contribution in [0, 0.1) is 5.82 Å². The SMILES string of the molecule is COc1cc(C(=O)CC[C@@](C)(O)c2cc3c(c(-c4ccc(F)cc4)n2)OC[C@@]3(C)N)cc2c1CC=N2. The van der Waals surface area contributed by atoms with E-state index in [-0.39, 0.29) is 31.0 Å². The van der Waals surface area contributed by atoms with Crippen molar-refractivity contribution in [2.45, 2.75) is 44.2 Å². The number of carbonyl (C=O) groups excluding carboxylic acids is 1. The molecule has 7 nitrogen and oxygen atoms in total. The van der Waals surface area contributed by atoms with Crippen molar-refractivity contribution in [3.63, 3.8) is 0 Å². The molecule has 0 saturated heterocycles. The van der Waals surface area contributed by atoms with Gasteiger partial charge >= 0.3 is 0 Å². The Labute approximate surface area is 208 Å². The van der Waals surface area contributed by atoms with E-state index in [1.165, 1.54) is 12.1 Å². The Kier molecular flexibility index (Phi) is 5.89. The summed E-state index contributed by atoms with van der Waals surface area (Å²) in [6, 6.07) is 11.1. The zero-order valence-corrected chi connectivity index (χ0v) is 20.5. The van der Waals surface area contributed by atoms with Gasteiger partial charge in [-0.05, 0) is 62.7 Å². The van der Waals surface area contributed by atoms with E-state index in [4.69, 9.17) is 20.2 Å². The molecule has 0 radical (unpaired) electrons. The smallest absolute Gasteiger partial charge is 0.163 e. The Hall–Kier alpha value is -3.62. The van der Waals surface area contributed by atoms with Crippen molar-refractivity contribution in [1.29, 1.82) is 0 Å². The van der Waals surface area contributed by atoms with Crippen molar-refractivity contribution in [2.75, 3.05) is 13.7 Å². The monoisotopic (exact) mass is 489 g/mol. The molecule has 2 atom stereocenters. The molecule has 3 heterocycles. The zero-order chi connectivity index (χ0) is 25.7. The van der Waals surface area contributed by atoms with Gasteiger partial charge in [0.15, 0.2) is 11.5 Å². The molecule has 0 spiro atoms. The van der Waals surface area contributed by atoms with Gasteiger partial charge in [-0.2, -0.15) is 0 Å². The highest BCUT2D eigenvalue weighted by Crippen LogP contribution is 2.44. The van der Waals surface area contributed by atoms with E-state index in [1.807, 2.05) is 6.92 Å². The van der Waals surface area contributed by atoms with Gasteiger partial charge in [0.05, 0.1) is 24.0 Å². The molecule has 8 heteroatoms. The maximum absolute atomic E-state index is 13.5. The standard InChI is InChI=1S/C28H28FN3O4/c1-27(30)15-36-26-20(27)14-24(32-25(26)16-4-6-18(29)7-5-16)28(2,34)10-8-22(33)17-12-21-19(9-11-31-21)23(13-17)35-3/h4-7,11-14,34H,8-10,15,30H2,1-3H3/t27-,28-/m1/s1. The van der Waals surface area contributed by atoms with Crippen LogP contribution in [0.3, 0.4) is 0 Å². The Morgan fingerprint density at radius 3 is 2.75 bits per heavy atom. The summed E-state index contributed by atoms with van der Waals surface area (Å²) < 4.78 is 24.9. The fourth-order valence-corrected chi connectivity index (χ4v) is 4.64. The van der Waals surface area contributed by atoms with Gasteiger partial charge in [0.2, 0.25) is 0 Å². The third-order valence-electron chi connectivity index (χ3n) is 6.87. The number of hydrogen-bond acceptors (Lipinski definition) is 7. The van der Waals surface area contributed by atoms with Crippen molar-refractivity contribution in [3.8, 4) is 22.8 Å². The minimum atomic E-state index is -1.43. The van der Waals surface area contributed by atoms with Gasteiger partial charge in [0, 0.05) is 41.3 Å². The number of ether oxygens (including phenoxy) is 2. The molecule has 2 aliphatic heterocycles. The highest BCUT2D eigenvalue weighted by Gasteiger charge is 2.38. The normalized spacial score (nSPS) is 19.4. The minimum Gasteiger partial charge on any atom is -0.496 e. The number of rotatable bonds is 7. The summed E-state index contributed by atoms with van der Waals surface area (Å²) in [6.07, 6.45) is 2.68. The second-order valence-corrected chi connectivity index (χ2v) is 9.83. The first kappa shape index (κ1) is 24.1. The first-order valence-corrected chi connectivity index (χ1v) is 11.8. The van der Waals surface area contributed by atoms with E-state index in [2.05, 4.69) is 4.99 Å². The van der Waals surface area contributed by atoms with Gasteiger partial charge in [-0.15, -0.1) is 0 Å². The summed E-state index contributed by atoms with van der Waals surface area (Å²) in [5.74, 6) is 0.653. The molecule has 3 aromatic rings. The summed E-state index contributed by atoms with van der Waals surface area (Å²) in [4.78, 5) is 22.1. The number of Topliss-reactive ketones (excluding diaryl/α,β-unsaturated/α-hetero) is 1. The lowest BCUT2D eigenvalue weighted by molar-refractivity contribution is 0.0396. The molecule has 0 aliphatic carbocycles. The summed E-state index contributed by atoms with van der Waals surface area (Å²) in [7, 11) is 1.57. The highest BCUT2D eigenvalue weighted by atomic mass is 19.1. The maximum Gasteiger partial charge on any atom is 0.163 e. The molecular weight excluding hydrogens is 461 g/mol. The van der Waals surface area contributed by atoms with Crippen molar-refractivity contribution in [3.05, 3.63) is 70.7 Å². The number of aliphatic hydroxyl groups is 1. The van der Waals surface area contributed by atoms with Gasteiger partial charge in [0.25, 0.3) is 0 Å².